The normalized spacial score (nSPS) is 12.5. The number of hydrogen-bond acceptors (Lipinski definition) is 7. The Morgan fingerprint density at radius 3 is 2.30 bits per heavy atom. The van der Waals surface area contributed by atoms with Crippen molar-refractivity contribution in [3.63, 3.8) is 0 Å². The van der Waals surface area contributed by atoms with Gasteiger partial charge < -0.3 is 25.8 Å². The van der Waals surface area contributed by atoms with Crippen molar-refractivity contribution in [2.24, 2.45) is 5.73 Å². The van der Waals surface area contributed by atoms with E-state index in [9.17, 15) is 9.59 Å². The van der Waals surface area contributed by atoms with Gasteiger partial charge in [0.25, 0.3) is 5.91 Å². The molecule has 37 heavy (non-hydrogen) atoms. The van der Waals surface area contributed by atoms with E-state index in [1.807, 2.05) is 37.3 Å². The maximum absolute atomic E-state index is 13.7. The van der Waals surface area contributed by atoms with Crippen LogP contribution < -0.4 is 20.9 Å². The molecular weight excluding hydrogens is 470 g/mol. The third-order valence-corrected chi connectivity index (χ3v) is 6.72. The summed E-state index contributed by atoms with van der Waals surface area (Å²) in [5.41, 5.74) is 17.0. The molecule has 0 saturated heterocycles. The number of fused-ring (bicyclic) bond motifs is 2. The average molecular weight is 498 g/mol. The summed E-state index contributed by atoms with van der Waals surface area (Å²) >= 11 is 0. The summed E-state index contributed by atoms with van der Waals surface area (Å²) in [7, 11) is 3.06. The first-order valence-corrected chi connectivity index (χ1v) is 11.9. The zero-order chi connectivity index (χ0) is 26.3. The monoisotopic (exact) mass is 497 g/mol. The number of primary amides is 1. The molecule has 0 unspecified atom stereocenters. The zero-order valence-electron chi connectivity index (χ0n) is 20.9. The number of aromatic nitrogens is 2. The molecule has 0 fully saturated rings. The number of methoxy groups -OCH3 is 2. The average Bonchev–Trinajstić information content (AvgIpc) is 3.35. The standard InChI is InChI=1S/C28H27N5O4/c1-4-18-23(20(26(29)34)12-22(36-2)25(18)37-3)15-9-10-21-19(11-15)24(32-28(30)31-21)27(35)33-13-16-7-5-6-8-17(16)14-33/h5-12H,4,13-14H2,1-3H3,(H2,29,34)(H2,30,31,32). The number of nitrogens with two attached hydrogens (primary N) is 2. The Hall–Kier alpha value is -4.66. The molecule has 0 spiro atoms. The van der Waals surface area contributed by atoms with E-state index in [1.54, 1.807) is 30.2 Å². The van der Waals surface area contributed by atoms with E-state index < -0.39 is 5.91 Å². The Morgan fingerprint density at radius 2 is 1.70 bits per heavy atom. The predicted molar refractivity (Wildman–Crippen MR) is 140 cm³/mol. The van der Waals surface area contributed by atoms with E-state index in [0.717, 1.165) is 16.7 Å². The molecule has 0 aliphatic carbocycles. The summed E-state index contributed by atoms with van der Waals surface area (Å²) < 4.78 is 11.1. The highest BCUT2D eigenvalue weighted by Gasteiger charge is 2.28. The molecule has 9 nitrogen and oxygen atoms in total. The van der Waals surface area contributed by atoms with Gasteiger partial charge in [0, 0.05) is 29.6 Å². The van der Waals surface area contributed by atoms with Crippen LogP contribution in [0.4, 0.5) is 5.95 Å². The molecule has 2 heterocycles. The molecule has 1 aliphatic heterocycles. The highest BCUT2D eigenvalue weighted by molar-refractivity contribution is 6.07. The molecule has 1 aromatic heterocycles. The van der Waals surface area contributed by atoms with Crippen molar-refractivity contribution in [1.82, 2.24) is 14.9 Å². The quantitative estimate of drug-likeness (QED) is 0.415. The van der Waals surface area contributed by atoms with Gasteiger partial charge in [-0.2, -0.15) is 0 Å². The first kappa shape index (κ1) is 24.1. The lowest BCUT2D eigenvalue weighted by atomic mass is 9.90. The van der Waals surface area contributed by atoms with E-state index in [-0.39, 0.29) is 23.1 Å². The number of nitrogen functional groups attached to an aromatic ring is 1. The van der Waals surface area contributed by atoms with Crippen LogP contribution in [0.15, 0.2) is 48.5 Å². The Kier molecular flexibility index (Phi) is 6.12. The van der Waals surface area contributed by atoms with Gasteiger partial charge in [0.2, 0.25) is 11.9 Å². The molecule has 0 radical (unpaired) electrons. The molecule has 1 aliphatic rings. The van der Waals surface area contributed by atoms with Crippen LogP contribution >= 0.6 is 0 Å². The van der Waals surface area contributed by atoms with E-state index >= 15 is 0 Å². The third kappa shape index (κ3) is 4.08. The summed E-state index contributed by atoms with van der Waals surface area (Å²) in [5.74, 6) is 0.0950. The van der Waals surface area contributed by atoms with Crippen molar-refractivity contribution >= 4 is 28.7 Å². The summed E-state index contributed by atoms with van der Waals surface area (Å²) in [6.07, 6.45) is 0.546. The Bertz CT molecular complexity index is 1540. The number of carbonyl (C=O) groups is 2. The number of anilines is 1. The van der Waals surface area contributed by atoms with Crippen LogP contribution in [-0.2, 0) is 19.5 Å². The zero-order valence-corrected chi connectivity index (χ0v) is 20.9. The maximum atomic E-state index is 13.7. The van der Waals surface area contributed by atoms with Crippen LogP contribution in [0.25, 0.3) is 22.0 Å². The second-order valence-electron chi connectivity index (χ2n) is 8.82. The molecule has 2 amide bonds. The number of ether oxygens (including phenoxy) is 2. The summed E-state index contributed by atoms with van der Waals surface area (Å²) in [6.45, 7) is 2.93. The van der Waals surface area contributed by atoms with Gasteiger partial charge >= 0.3 is 0 Å². The summed E-state index contributed by atoms with van der Waals surface area (Å²) in [4.78, 5) is 36.6. The lowest BCUT2D eigenvalue weighted by molar-refractivity contribution is 0.0747. The number of hydrogen-bond donors (Lipinski definition) is 2. The van der Waals surface area contributed by atoms with Crippen LogP contribution in [0.2, 0.25) is 0 Å². The van der Waals surface area contributed by atoms with Crippen LogP contribution in [0.5, 0.6) is 11.5 Å². The molecule has 3 aromatic carbocycles. The summed E-state index contributed by atoms with van der Waals surface area (Å²) in [6, 6.07) is 14.9. The van der Waals surface area contributed by atoms with Gasteiger partial charge in [-0.05, 0) is 41.3 Å². The molecule has 5 rings (SSSR count). The van der Waals surface area contributed by atoms with Crippen LogP contribution in [0.3, 0.4) is 0 Å². The molecule has 0 atom stereocenters. The number of benzene rings is 3. The molecular formula is C28H27N5O4. The van der Waals surface area contributed by atoms with Crippen molar-refractivity contribution in [3.05, 3.63) is 76.5 Å². The van der Waals surface area contributed by atoms with E-state index in [4.69, 9.17) is 20.9 Å². The smallest absolute Gasteiger partial charge is 0.273 e. The molecule has 188 valence electrons. The van der Waals surface area contributed by atoms with Gasteiger partial charge in [0.05, 0.1) is 25.3 Å². The summed E-state index contributed by atoms with van der Waals surface area (Å²) in [5, 5.41) is 0.528. The number of rotatable bonds is 6. The molecule has 0 saturated carbocycles. The van der Waals surface area contributed by atoms with E-state index in [0.29, 0.717) is 53.0 Å². The van der Waals surface area contributed by atoms with E-state index in [1.165, 1.54) is 7.11 Å². The minimum atomic E-state index is -0.606. The largest absolute Gasteiger partial charge is 0.493 e. The number of carbonyl (C=O) groups excluding carboxylic acids is 2. The minimum Gasteiger partial charge on any atom is -0.493 e. The number of amides is 2. The van der Waals surface area contributed by atoms with Crippen molar-refractivity contribution in [1.29, 1.82) is 0 Å². The Labute approximate surface area is 214 Å². The molecule has 4 N–H and O–H groups in total. The SMILES string of the molecule is CCc1c(OC)c(OC)cc(C(N)=O)c1-c1ccc2nc(N)nc(C(=O)N3Cc4ccccc4C3)c2c1. The van der Waals surface area contributed by atoms with Gasteiger partial charge in [-0.25, -0.2) is 9.97 Å². The first-order valence-electron chi connectivity index (χ1n) is 11.9. The van der Waals surface area contributed by atoms with Gasteiger partial charge in [-0.1, -0.05) is 37.3 Å². The van der Waals surface area contributed by atoms with Crippen molar-refractivity contribution < 1.29 is 19.1 Å². The highest BCUT2D eigenvalue weighted by Crippen LogP contribution is 2.42. The minimum absolute atomic E-state index is 0.0125. The maximum Gasteiger partial charge on any atom is 0.273 e. The third-order valence-electron chi connectivity index (χ3n) is 6.72. The predicted octanol–water partition coefficient (Wildman–Crippen LogP) is 3.71. The topological polar surface area (TPSA) is 134 Å². The fourth-order valence-electron chi connectivity index (χ4n) is 5.02. The van der Waals surface area contributed by atoms with E-state index in [2.05, 4.69) is 9.97 Å². The number of nitrogens with zero attached hydrogens (tertiary/aromatic N) is 3. The van der Waals surface area contributed by atoms with Crippen molar-refractivity contribution in [3.8, 4) is 22.6 Å². The van der Waals surface area contributed by atoms with Crippen molar-refractivity contribution in [2.75, 3.05) is 20.0 Å². The first-order chi connectivity index (χ1) is 17.9. The second kappa shape index (κ2) is 9.42. The van der Waals surface area contributed by atoms with Gasteiger partial charge in [-0.15, -0.1) is 0 Å². The Morgan fingerprint density at radius 1 is 1.00 bits per heavy atom. The van der Waals surface area contributed by atoms with Crippen LogP contribution in [-0.4, -0.2) is 40.9 Å². The fourth-order valence-corrected chi connectivity index (χ4v) is 5.02. The lowest BCUT2D eigenvalue weighted by Gasteiger charge is -2.20. The molecule has 0 bridgehead atoms. The van der Waals surface area contributed by atoms with Gasteiger partial charge in [0.1, 0.15) is 5.69 Å². The molecule has 9 heteroatoms. The van der Waals surface area contributed by atoms with Gasteiger partial charge in [-0.3, -0.25) is 9.59 Å². The van der Waals surface area contributed by atoms with Crippen LogP contribution in [0.1, 0.15) is 44.5 Å². The van der Waals surface area contributed by atoms with Gasteiger partial charge in [0.15, 0.2) is 11.5 Å². The second-order valence-corrected chi connectivity index (χ2v) is 8.82. The lowest BCUT2D eigenvalue weighted by Crippen LogP contribution is -2.27. The fraction of sp³-hybridized carbons (Fsp3) is 0.214. The van der Waals surface area contributed by atoms with Crippen LogP contribution in [0, 0.1) is 0 Å². The highest BCUT2D eigenvalue weighted by atomic mass is 16.5. The molecule has 4 aromatic rings. The Balaban J connectivity index is 1.69. The van der Waals surface area contributed by atoms with Crippen molar-refractivity contribution in [2.45, 2.75) is 26.4 Å².